The number of rotatable bonds is 0. The summed E-state index contributed by atoms with van der Waals surface area (Å²) in [5, 5.41) is 0. The van der Waals surface area contributed by atoms with E-state index in [1.54, 1.807) is 0 Å². The third-order valence-corrected chi connectivity index (χ3v) is 2.96. The SMILES string of the molecule is C1=NC2CCOCC2CS1. The van der Waals surface area contributed by atoms with Crippen molar-refractivity contribution in [1.82, 2.24) is 0 Å². The minimum Gasteiger partial charge on any atom is -0.381 e. The summed E-state index contributed by atoms with van der Waals surface area (Å²) >= 11 is 1.81. The van der Waals surface area contributed by atoms with Gasteiger partial charge in [0.05, 0.1) is 18.2 Å². The molecule has 1 fully saturated rings. The molecule has 0 aromatic rings. The minimum atomic E-state index is 0.579. The molecule has 0 spiro atoms. The van der Waals surface area contributed by atoms with E-state index in [4.69, 9.17) is 4.74 Å². The van der Waals surface area contributed by atoms with Gasteiger partial charge in [0.1, 0.15) is 0 Å². The van der Waals surface area contributed by atoms with Gasteiger partial charge in [0, 0.05) is 18.3 Å². The lowest BCUT2D eigenvalue weighted by Gasteiger charge is -2.30. The molecule has 0 radical (unpaired) electrons. The van der Waals surface area contributed by atoms with Crippen LogP contribution in [0, 0.1) is 5.92 Å². The summed E-state index contributed by atoms with van der Waals surface area (Å²) in [5.41, 5.74) is 1.99. The van der Waals surface area contributed by atoms with E-state index in [0.29, 0.717) is 12.0 Å². The Balaban J connectivity index is 2.03. The third-order valence-electron chi connectivity index (χ3n) is 2.07. The van der Waals surface area contributed by atoms with Gasteiger partial charge in [0.15, 0.2) is 0 Å². The topological polar surface area (TPSA) is 21.6 Å². The van der Waals surface area contributed by atoms with Crippen molar-refractivity contribution in [2.75, 3.05) is 19.0 Å². The van der Waals surface area contributed by atoms with Crippen LogP contribution < -0.4 is 0 Å². The van der Waals surface area contributed by atoms with E-state index in [9.17, 15) is 0 Å². The van der Waals surface area contributed by atoms with Gasteiger partial charge < -0.3 is 4.74 Å². The molecule has 0 aliphatic carbocycles. The highest BCUT2D eigenvalue weighted by molar-refractivity contribution is 8.12. The average Bonchev–Trinajstić information content (AvgIpc) is 2.05. The summed E-state index contributed by atoms with van der Waals surface area (Å²) in [4.78, 5) is 4.41. The smallest absolute Gasteiger partial charge is 0.0585 e. The molecule has 0 amide bonds. The zero-order valence-electron chi connectivity index (χ0n) is 5.82. The summed E-state index contributed by atoms with van der Waals surface area (Å²) in [7, 11) is 0. The molecule has 3 heteroatoms. The summed E-state index contributed by atoms with van der Waals surface area (Å²) in [6.45, 7) is 1.83. The van der Waals surface area contributed by atoms with Crippen LogP contribution in [-0.4, -0.2) is 30.6 Å². The van der Waals surface area contributed by atoms with Gasteiger partial charge in [-0.3, -0.25) is 4.99 Å². The van der Waals surface area contributed by atoms with Crippen molar-refractivity contribution in [2.45, 2.75) is 12.5 Å². The molecule has 56 valence electrons. The van der Waals surface area contributed by atoms with Crippen molar-refractivity contribution in [3.63, 3.8) is 0 Å². The first-order valence-electron chi connectivity index (χ1n) is 3.68. The van der Waals surface area contributed by atoms with Gasteiger partial charge in [-0.2, -0.15) is 0 Å². The van der Waals surface area contributed by atoms with E-state index in [2.05, 4.69) is 4.99 Å². The molecule has 1 saturated heterocycles. The highest BCUT2D eigenvalue weighted by atomic mass is 32.2. The Kier molecular flexibility index (Phi) is 1.95. The molecular formula is C7H11NOS. The second kappa shape index (κ2) is 2.93. The number of fused-ring (bicyclic) bond motifs is 1. The molecule has 0 N–H and O–H groups in total. The van der Waals surface area contributed by atoms with E-state index in [1.807, 2.05) is 17.3 Å². The number of thioether (sulfide) groups is 1. The molecule has 2 heterocycles. The summed E-state index contributed by atoms with van der Waals surface area (Å²) in [5.74, 6) is 1.90. The van der Waals surface area contributed by atoms with E-state index in [1.165, 1.54) is 5.75 Å². The second-order valence-corrected chi connectivity index (χ2v) is 3.66. The standard InChI is InChI=1S/C7H11NOS/c1-2-9-3-6-4-10-5-8-7(1)6/h5-7H,1-4H2. The number of hydrogen-bond donors (Lipinski definition) is 0. The van der Waals surface area contributed by atoms with Crippen molar-refractivity contribution in [3.8, 4) is 0 Å². The van der Waals surface area contributed by atoms with Crippen molar-refractivity contribution in [2.24, 2.45) is 10.9 Å². The zero-order chi connectivity index (χ0) is 6.81. The predicted octanol–water partition coefficient (Wildman–Crippen LogP) is 1.17. The third kappa shape index (κ3) is 1.20. The number of hydrogen-bond acceptors (Lipinski definition) is 3. The molecule has 0 bridgehead atoms. The fourth-order valence-electron chi connectivity index (χ4n) is 1.43. The molecular weight excluding hydrogens is 146 g/mol. The van der Waals surface area contributed by atoms with Gasteiger partial charge in [-0.05, 0) is 6.42 Å². The maximum absolute atomic E-state index is 5.35. The highest BCUT2D eigenvalue weighted by Crippen LogP contribution is 2.25. The van der Waals surface area contributed by atoms with Crippen LogP contribution in [0.4, 0.5) is 0 Å². The van der Waals surface area contributed by atoms with Gasteiger partial charge in [-0.15, -0.1) is 11.8 Å². The Morgan fingerprint density at radius 3 is 3.50 bits per heavy atom. The van der Waals surface area contributed by atoms with E-state index < -0.39 is 0 Å². The molecule has 0 saturated carbocycles. The van der Waals surface area contributed by atoms with Crippen LogP contribution in [0.15, 0.2) is 4.99 Å². The van der Waals surface area contributed by atoms with Crippen LogP contribution in [0.25, 0.3) is 0 Å². The lowest BCUT2D eigenvalue weighted by atomic mass is 9.98. The molecule has 2 nitrogen and oxygen atoms in total. The average molecular weight is 157 g/mol. The van der Waals surface area contributed by atoms with Crippen molar-refractivity contribution >= 4 is 17.3 Å². The van der Waals surface area contributed by atoms with Crippen LogP contribution >= 0.6 is 11.8 Å². The molecule has 10 heavy (non-hydrogen) atoms. The number of ether oxygens (including phenoxy) is 1. The maximum atomic E-state index is 5.35. The quantitative estimate of drug-likeness (QED) is 0.526. The van der Waals surface area contributed by atoms with Gasteiger partial charge in [-0.25, -0.2) is 0 Å². The Labute approximate surface area is 65.0 Å². The Bertz CT molecular complexity index is 149. The van der Waals surface area contributed by atoms with Crippen LogP contribution in [0.2, 0.25) is 0 Å². The Hall–Kier alpha value is -0.0200. The molecule has 2 unspecified atom stereocenters. The zero-order valence-corrected chi connectivity index (χ0v) is 6.64. The van der Waals surface area contributed by atoms with Gasteiger partial charge in [0.2, 0.25) is 0 Å². The molecule has 2 aliphatic rings. The first-order valence-corrected chi connectivity index (χ1v) is 4.72. The molecule has 0 aromatic carbocycles. The van der Waals surface area contributed by atoms with Crippen LogP contribution in [-0.2, 0) is 4.74 Å². The van der Waals surface area contributed by atoms with E-state index in [-0.39, 0.29) is 0 Å². The predicted molar refractivity (Wildman–Crippen MR) is 43.7 cm³/mol. The lowest BCUT2D eigenvalue weighted by molar-refractivity contribution is 0.0511. The largest absolute Gasteiger partial charge is 0.381 e. The minimum absolute atomic E-state index is 0.579. The first-order chi connectivity index (χ1) is 4.97. The van der Waals surface area contributed by atoms with Crippen LogP contribution in [0.1, 0.15) is 6.42 Å². The number of nitrogens with zero attached hydrogens (tertiary/aromatic N) is 1. The van der Waals surface area contributed by atoms with E-state index in [0.717, 1.165) is 19.6 Å². The molecule has 2 aliphatic heterocycles. The summed E-state index contributed by atoms with van der Waals surface area (Å²) in [6, 6.07) is 0.579. The highest BCUT2D eigenvalue weighted by Gasteiger charge is 2.26. The van der Waals surface area contributed by atoms with E-state index >= 15 is 0 Å². The lowest BCUT2D eigenvalue weighted by Crippen LogP contribution is -2.34. The maximum Gasteiger partial charge on any atom is 0.0585 e. The first kappa shape index (κ1) is 6.68. The van der Waals surface area contributed by atoms with Gasteiger partial charge in [0.25, 0.3) is 0 Å². The Morgan fingerprint density at radius 2 is 2.60 bits per heavy atom. The van der Waals surface area contributed by atoms with Crippen molar-refractivity contribution < 1.29 is 4.74 Å². The molecule has 2 rings (SSSR count). The summed E-state index contributed by atoms with van der Waals surface area (Å²) < 4.78 is 5.35. The van der Waals surface area contributed by atoms with Crippen LogP contribution in [0.5, 0.6) is 0 Å². The normalized spacial score (nSPS) is 39.2. The molecule has 2 atom stereocenters. The summed E-state index contributed by atoms with van der Waals surface area (Å²) in [6.07, 6.45) is 1.13. The Morgan fingerprint density at radius 1 is 1.60 bits per heavy atom. The monoisotopic (exact) mass is 157 g/mol. The van der Waals surface area contributed by atoms with Crippen molar-refractivity contribution in [3.05, 3.63) is 0 Å². The second-order valence-electron chi connectivity index (χ2n) is 2.78. The fourth-order valence-corrected chi connectivity index (χ4v) is 2.32. The van der Waals surface area contributed by atoms with Gasteiger partial charge in [-0.1, -0.05) is 0 Å². The van der Waals surface area contributed by atoms with Crippen molar-refractivity contribution in [1.29, 1.82) is 0 Å². The van der Waals surface area contributed by atoms with Gasteiger partial charge >= 0.3 is 0 Å². The number of aliphatic imine (C=N–C) groups is 1. The van der Waals surface area contributed by atoms with Crippen LogP contribution in [0.3, 0.4) is 0 Å². The molecule has 0 aromatic heterocycles. The fraction of sp³-hybridized carbons (Fsp3) is 0.857.